The lowest BCUT2D eigenvalue weighted by atomic mass is 9.97. The Morgan fingerprint density at radius 3 is 2.57 bits per heavy atom. The molecule has 9 heteroatoms. The highest BCUT2D eigenvalue weighted by atomic mass is 19.1. The van der Waals surface area contributed by atoms with Gasteiger partial charge in [-0.05, 0) is 25.0 Å². The SMILES string of the molecule is COc1ccccc1[C@@H]1CC(c2ccccc2F)=NN1C(=O)CN(CCN1CCOCC1)C(=O)C1CC1. The maximum absolute atomic E-state index is 14.7. The Morgan fingerprint density at radius 2 is 1.84 bits per heavy atom. The lowest BCUT2D eigenvalue weighted by Gasteiger charge is -2.31. The molecule has 196 valence electrons. The van der Waals surface area contributed by atoms with Crippen molar-refractivity contribution in [2.24, 2.45) is 11.0 Å². The Kier molecular flexibility index (Phi) is 7.81. The van der Waals surface area contributed by atoms with Crippen LogP contribution in [0.3, 0.4) is 0 Å². The van der Waals surface area contributed by atoms with Gasteiger partial charge in [0.25, 0.3) is 5.91 Å². The molecule has 2 aromatic rings. The van der Waals surface area contributed by atoms with E-state index in [9.17, 15) is 14.0 Å². The van der Waals surface area contributed by atoms with E-state index in [1.807, 2.05) is 24.3 Å². The van der Waals surface area contributed by atoms with Crippen LogP contribution >= 0.6 is 0 Å². The van der Waals surface area contributed by atoms with Crippen LogP contribution in [-0.2, 0) is 14.3 Å². The molecule has 0 radical (unpaired) electrons. The van der Waals surface area contributed by atoms with Crippen molar-refractivity contribution < 1.29 is 23.5 Å². The summed E-state index contributed by atoms with van der Waals surface area (Å²) in [4.78, 5) is 30.8. The summed E-state index contributed by atoms with van der Waals surface area (Å²) in [5.41, 5.74) is 1.66. The Morgan fingerprint density at radius 1 is 1.11 bits per heavy atom. The molecule has 2 fully saturated rings. The minimum atomic E-state index is -0.463. The molecule has 1 aliphatic carbocycles. The van der Waals surface area contributed by atoms with Crippen molar-refractivity contribution in [3.05, 3.63) is 65.5 Å². The second-order valence-electron chi connectivity index (χ2n) is 9.71. The molecule has 2 aromatic carbocycles. The highest BCUT2D eigenvalue weighted by Gasteiger charge is 2.39. The molecule has 1 saturated heterocycles. The van der Waals surface area contributed by atoms with Crippen LogP contribution in [0.5, 0.6) is 5.75 Å². The fourth-order valence-electron chi connectivity index (χ4n) is 4.96. The number of halogens is 1. The number of hydrogen-bond donors (Lipinski definition) is 0. The van der Waals surface area contributed by atoms with Gasteiger partial charge in [-0.2, -0.15) is 5.10 Å². The number of nitrogens with zero attached hydrogens (tertiary/aromatic N) is 4. The number of methoxy groups -OCH3 is 1. The first kappa shape index (κ1) is 25.4. The average molecular weight is 509 g/mol. The van der Waals surface area contributed by atoms with Crippen molar-refractivity contribution in [1.82, 2.24) is 14.8 Å². The van der Waals surface area contributed by atoms with Crippen LogP contribution in [0, 0.1) is 11.7 Å². The first-order valence-electron chi connectivity index (χ1n) is 12.9. The van der Waals surface area contributed by atoms with Crippen molar-refractivity contribution in [3.8, 4) is 5.75 Å². The molecule has 8 nitrogen and oxygen atoms in total. The smallest absolute Gasteiger partial charge is 0.262 e. The number of carbonyl (C=O) groups excluding carboxylic acids is 2. The molecule has 1 saturated carbocycles. The maximum atomic E-state index is 14.7. The fraction of sp³-hybridized carbons (Fsp3) is 0.464. The van der Waals surface area contributed by atoms with Gasteiger partial charge in [-0.15, -0.1) is 0 Å². The van der Waals surface area contributed by atoms with Gasteiger partial charge in [0.2, 0.25) is 5.91 Å². The number of hydrogen-bond acceptors (Lipinski definition) is 6. The second-order valence-corrected chi connectivity index (χ2v) is 9.71. The third-order valence-electron chi connectivity index (χ3n) is 7.20. The summed E-state index contributed by atoms with van der Waals surface area (Å²) in [7, 11) is 1.58. The van der Waals surface area contributed by atoms with Crippen molar-refractivity contribution in [1.29, 1.82) is 0 Å². The molecule has 2 heterocycles. The molecule has 5 rings (SSSR count). The highest BCUT2D eigenvalue weighted by Crippen LogP contribution is 2.38. The second kappa shape index (κ2) is 11.4. The molecule has 0 spiro atoms. The highest BCUT2D eigenvalue weighted by molar-refractivity contribution is 6.03. The van der Waals surface area contributed by atoms with Crippen molar-refractivity contribution in [3.63, 3.8) is 0 Å². The topological polar surface area (TPSA) is 74.7 Å². The summed E-state index contributed by atoms with van der Waals surface area (Å²) >= 11 is 0. The summed E-state index contributed by atoms with van der Waals surface area (Å²) in [5.74, 6) is -0.0244. The van der Waals surface area contributed by atoms with Gasteiger partial charge in [0.05, 0.1) is 32.1 Å². The Balaban J connectivity index is 1.39. The predicted octanol–water partition coefficient (Wildman–Crippen LogP) is 3.08. The van der Waals surface area contributed by atoms with Crippen LogP contribution < -0.4 is 4.74 Å². The number of carbonyl (C=O) groups is 2. The van der Waals surface area contributed by atoms with Gasteiger partial charge in [-0.3, -0.25) is 14.5 Å². The monoisotopic (exact) mass is 508 g/mol. The van der Waals surface area contributed by atoms with E-state index in [1.165, 1.54) is 11.1 Å². The first-order valence-corrected chi connectivity index (χ1v) is 12.9. The number of rotatable bonds is 9. The third-order valence-corrected chi connectivity index (χ3v) is 7.20. The Hall–Kier alpha value is -3.30. The van der Waals surface area contributed by atoms with Crippen molar-refractivity contribution in [2.45, 2.75) is 25.3 Å². The average Bonchev–Trinajstić information content (AvgIpc) is 3.69. The van der Waals surface area contributed by atoms with E-state index in [-0.39, 0.29) is 30.1 Å². The summed E-state index contributed by atoms with van der Waals surface area (Å²) in [6.07, 6.45) is 2.08. The zero-order chi connectivity index (χ0) is 25.8. The van der Waals surface area contributed by atoms with E-state index in [4.69, 9.17) is 9.47 Å². The van der Waals surface area contributed by atoms with E-state index in [1.54, 1.807) is 30.2 Å². The minimum Gasteiger partial charge on any atom is -0.496 e. The molecule has 2 amide bonds. The van der Waals surface area contributed by atoms with Crippen LogP contribution in [0.2, 0.25) is 0 Å². The molecular weight excluding hydrogens is 475 g/mol. The Labute approximate surface area is 216 Å². The molecule has 0 unspecified atom stereocenters. The van der Waals surface area contributed by atoms with Crippen LogP contribution in [0.4, 0.5) is 4.39 Å². The normalized spacial score (nSPS) is 20.0. The van der Waals surface area contributed by atoms with E-state index < -0.39 is 6.04 Å². The fourth-order valence-corrected chi connectivity index (χ4v) is 4.96. The molecular formula is C28H33FN4O4. The molecule has 37 heavy (non-hydrogen) atoms. The van der Waals surface area contributed by atoms with Crippen molar-refractivity contribution >= 4 is 17.5 Å². The van der Waals surface area contributed by atoms with Crippen LogP contribution in [-0.4, -0.2) is 85.4 Å². The van der Waals surface area contributed by atoms with Gasteiger partial charge in [-0.25, -0.2) is 9.40 Å². The van der Waals surface area contributed by atoms with Gasteiger partial charge in [0, 0.05) is 49.6 Å². The summed E-state index contributed by atoms with van der Waals surface area (Å²) in [6.45, 7) is 4.08. The number of ether oxygens (including phenoxy) is 2. The molecule has 2 aliphatic heterocycles. The van der Waals surface area contributed by atoms with Gasteiger partial charge in [0.1, 0.15) is 18.1 Å². The molecule has 3 aliphatic rings. The van der Waals surface area contributed by atoms with E-state index >= 15 is 0 Å². The third kappa shape index (κ3) is 5.83. The van der Waals surface area contributed by atoms with E-state index in [0.717, 1.165) is 31.5 Å². The van der Waals surface area contributed by atoms with E-state index in [0.29, 0.717) is 49.7 Å². The minimum absolute atomic E-state index is 0.00133. The zero-order valence-electron chi connectivity index (χ0n) is 21.1. The number of hydrazone groups is 1. The standard InChI is InChI=1S/C28H33FN4O4/c1-36-26-9-5-3-7-22(26)25-18-24(21-6-2-4-8-23(21)29)30-33(25)27(34)19-32(28(35)20-10-11-20)13-12-31-14-16-37-17-15-31/h2-9,20,25H,10-19H2,1H3/t25-/m0/s1. The van der Waals surface area contributed by atoms with Gasteiger partial charge in [0.15, 0.2) is 0 Å². The zero-order valence-corrected chi connectivity index (χ0v) is 21.1. The number of benzene rings is 2. The van der Waals surface area contributed by atoms with Crippen LogP contribution in [0.15, 0.2) is 53.6 Å². The lowest BCUT2D eigenvalue weighted by Crippen LogP contribution is -2.47. The maximum Gasteiger partial charge on any atom is 0.262 e. The van der Waals surface area contributed by atoms with E-state index in [2.05, 4.69) is 10.0 Å². The Bertz CT molecular complexity index is 1160. The van der Waals surface area contributed by atoms with Crippen LogP contribution in [0.1, 0.15) is 36.4 Å². The molecule has 0 aromatic heterocycles. The summed E-state index contributed by atoms with van der Waals surface area (Å²) < 4.78 is 25.7. The first-order chi connectivity index (χ1) is 18.0. The number of para-hydroxylation sites is 1. The summed E-state index contributed by atoms with van der Waals surface area (Å²) in [5, 5.41) is 6.03. The number of amides is 2. The predicted molar refractivity (Wildman–Crippen MR) is 137 cm³/mol. The van der Waals surface area contributed by atoms with Gasteiger partial charge in [-0.1, -0.05) is 36.4 Å². The van der Waals surface area contributed by atoms with Gasteiger partial charge < -0.3 is 14.4 Å². The summed E-state index contributed by atoms with van der Waals surface area (Å²) in [6, 6.07) is 13.5. The van der Waals surface area contributed by atoms with Crippen molar-refractivity contribution in [2.75, 3.05) is 53.0 Å². The molecule has 0 N–H and O–H groups in total. The van der Waals surface area contributed by atoms with Gasteiger partial charge >= 0.3 is 0 Å². The number of morpholine rings is 1. The largest absolute Gasteiger partial charge is 0.496 e. The van der Waals surface area contributed by atoms with Crippen LogP contribution in [0.25, 0.3) is 0 Å². The molecule has 0 bridgehead atoms. The lowest BCUT2D eigenvalue weighted by molar-refractivity contribution is -0.142. The molecule has 1 atom stereocenters. The quantitative estimate of drug-likeness (QED) is 0.521.